The summed E-state index contributed by atoms with van der Waals surface area (Å²) in [6.07, 6.45) is 1.38. The molecule has 0 bridgehead atoms. The molecule has 1 unspecified atom stereocenters. The maximum absolute atomic E-state index is 15.1. The molecule has 5 aliphatic rings. The van der Waals surface area contributed by atoms with Gasteiger partial charge in [0.1, 0.15) is 35.2 Å². The number of fused-ring (bicyclic) bond motifs is 2. The molecule has 5 N–H and O–H groups in total. The van der Waals surface area contributed by atoms with Gasteiger partial charge >= 0.3 is 0 Å². The van der Waals surface area contributed by atoms with Gasteiger partial charge in [-0.2, -0.15) is 0 Å². The smallest absolute Gasteiger partial charge is 0.252 e. The SMILES string of the molecule is CN[C@@H](C)C(=O)NC(C(=O)N1Cc2ccc(NC(=O)[C@]3(C)CN(C(=O)CN4C[C@@H](C)NC[C@@H]4CN4CCOC[C@H]4C)c4cc(Cc5ccc(F)cc5)ccc43)cc2[C@H]1C(=O)Nc1c(F)cccc1F)C1CCOCC1. The molecule has 19 heteroatoms. The first kappa shape index (κ1) is 53.6. The summed E-state index contributed by atoms with van der Waals surface area (Å²) in [5.41, 5.74) is 2.10. The summed E-state index contributed by atoms with van der Waals surface area (Å²) in [4.78, 5) is 80.5. The van der Waals surface area contributed by atoms with Crippen LogP contribution in [-0.2, 0) is 51.8 Å². The monoisotopic (exact) mass is 1040 g/mol. The molecule has 0 aliphatic carbocycles. The summed E-state index contributed by atoms with van der Waals surface area (Å²) >= 11 is 0. The lowest BCUT2D eigenvalue weighted by atomic mass is 9.82. The van der Waals surface area contributed by atoms with Crippen molar-refractivity contribution >= 4 is 46.6 Å². The number of likely N-dealkylation sites (N-methyl/N-ethyl adjacent to an activating group) is 1. The summed E-state index contributed by atoms with van der Waals surface area (Å²) in [6, 6.07) is 17.4. The number of rotatable bonds is 15. The maximum atomic E-state index is 15.1. The number of hydrogen-bond acceptors (Lipinski definition) is 11. The van der Waals surface area contributed by atoms with E-state index in [-0.39, 0.29) is 61.1 Å². The van der Waals surface area contributed by atoms with Crippen LogP contribution in [0.1, 0.15) is 74.4 Å². The molecule has 5 amide bonds. The summed E-state index contributed by atoms with van der Waals surface area (Å²) < 4.78 is 55.5. The van der Waals surface area contributed by atoms with Crippen LogP contribution in [0.4, 0.5) is 30.2 Å². The minimum absolute atomic E-state index is 0.0117. The molecule has 4 aromatic carbocycles. The Balaban J connectivity index is 1.02. The zero-order chi connectivity index (χ0) is 53.1. The van der Waals surface area contributed by atoms with Crippen LogP contribution < -0.4 is 31.5 Å². The van der Waals surface area contributed by atoms with E-state index in [0.29, 0.717) is 81.2 Å². The van der Waals surface area contributed by atoms with Crippen molar-refractivity contribution in [3.8, 4) is 0 Å². The highest BCUT2D eigenvalue weighted by molar-refractivity contribution is 6.07. The second-order valence-electron chi connectivity index (χ2n) is 21.0. The molecule has 0 aromatic heterocycles. The fourth-order valence-electron chi connectivity index (χ4n) is 11.2. The summed E-state index contributed by atoms with van der Waals surface area (Å²) in [5.74, 6) is -5.22. The predicted molar refractivity (Wildman–Crippen MR) is 277 cm³/mol. The second-order valence-corrected chi connectivity index (χ2v) is 21.0. The van der Waals surface area contributed by atoms with E-state index in [9.17, 15) is 23.6 Å². The van der Waals surface area contributed by atoms with E-state index in [1.807, 2.05) is 18.2 Å². The third-order valence-electron chi connectivity index (χ3n) is 15.8. The van der Waals surface area contributed by atoms with Crippen LogP contribution in [0.25, 0.3) is 0 Å². The highest BCUT2D eigenvalue weighted by atomic mass is 19.1. The van der Waals surface area contributed by atoms with Crippen LogP contribution >= 0.6 is 0 Å². The predicted octanol–water partition coefficient (Wildman–Crippen LogP) is 4.86. The Morgan fingerprint density at radius 2 is 1.60 bits per heavy atom. The number of piperazine rings is 1. The number of nitrogens with one attached hydrogen (secondary N) is 5. The largest absolute Gasteiger partial charge is 0.381 e. The molecule has 4 aromatic rings. The number of anilines is 3. The molecule has 16 nitrogen and oxygen atoms in total. The Kier molecular flexibility index (Phi) is 16.4. The summed E-state index contributed by atoms with van der Waals surface area (Å²) in [6.45, 7) is 12.7. The second kappa shape index (κ2) is 22.9. The lowest BCUT2D eigenvalue weighted by Gasteiger charge is -2.43. The zero-order valence-corrected chi connectivity index (χ0v) is 43.2. The number of para-hydroxylation sites is 1. The number of carbonyl (C=O) groups excluding carboxylic acids is 5. The topological polar surface area (TPSA) is 177 Å². The molecule has 0 saturated carbocycles. The van der Waals surface area contributed by atoms with Gasteiger partial charge in [0.05, 0.1) is 31.2 Å². The Bertz CT molecular complexity index is 2760. The maximum Gasteiger partial charge on any atom is 0.252 e. The fourth-order valence-corrected chi connectivity index (χ4v) is 11.2. The first-order chi connectivity index (χ1) is 36.0. The van der Waals surface area contributed by atoms with Gasteiger partial charge in [0.15, 0.2) is 0 Å². The lowest BCUT2D eigenvalue weighted by molar-refractivity contribution is -0.144. The van der Waals surface area contributed by atoms with E-state index in [2.05, 4.69) is 50.2 Å². The summed E-state index contributed by atoms with van der Waals surface area (Å²) in [5, 5.41) is 14.9. The van der Waals surface area contributed by atoms with Crippen LogP contribution in [0.15, 0.2) is 78.9 Å². The van der Waals surface area contributed by atoms with Crippen molar-refractivity contribution in [3.05, 3.63) is 124 Å². The van der Waals surface area contributed by atoms with Crippen LogP contribution in [0.2, 0.25) is 0 Å². The molecular formula is C56H68F3N9O7. The van der Waals surface area contributed by atoms with Gasteiger partial charge in [0.25, 0.3) is 5.91 Å². The van der Waals surface area contributed by atoms with Crippen molar-refractivity contribution in [2.75, 3.05) is 88.3 Å². The number of nitrogens with zero attached hydrogens (tertiary/aromatic N) is 4. The Hall–Kier alpha value is -6.22. The van der Waals surface area contributed by atoms with Crippen LogP contribution in [-0.4, -0.2) is 147 Å². The van der Waals surface area contributed by atoms with Crippen molar-refractivity contribution in [1.29, 1.82) is 0 Å². The molecule has 3 fully saturated rings. The normalized spacial score (nSPS) is 24.0. The van der Waals surface area contributed by atoms with Gasteiger partial charge in [-0.15, -0.1) is 0 Å². The highest BCUT2D eigenvalue weighted by Gasteiger charge is 2.49. The Morgan fingerprint density at radius 3 is 2.32 bits per heavy atom. The van der Waals surface area contributed by atoms with Gasteiger partial charge in [0, 0.05) is 82.0 Å². The third-order valence-corrected chi connectivity index (χ3v) is 15.8. The Labute approximate surface area is 436 Å². The standard InChI is InChI=1S/C56H68F3N9O7/c1-33-27-66(42(26-61-33)29-65-19-22-75-31-34(65)2)30-48(69)68-32-56(4,44-16-11-37(24-47(44)68)23-36-9-13-40(57)14-10-36)55(73)62-41-15-12-39-28-67(51(43(39)25-41)53(71)64-50-45(58)7-6-8-46(50)59)54(72)49(38-17-20-74-21-18-38)63-52(70)35(3)60-5/h6-16,24-25,33-35,38,42,49,51,60-61H,17-23,26-32H2,1-5H3,(H,62,73)(H,63,70)(H,64,71)/t33-,34-,35+,42-,49?,51+,56-/m1/s1. The number of amides is 5. The van der Waals surface area contributed by atoms with E-state index in [1.54, 1.807) is 56.1 Å². The van der Waals surface area contributed by atoms with Gasteiger partial charge in [-0.3, -0.25) is 33.8 Å². The number of benzene rings is 4. The molecule has 75 heavy (non-hydrogen) atoms. The van der Waals surface area contributed by atoms with Crippen molar-refractivity contribution in [2.24, 2.45) is 5.92 Å². The molecule has 5 heterocycles. The zero-order valence-electron chi connectivity index (χ0n) is 43.2. The van der Waals surface area contributed by atoms with Crippen molar-refractivity contribution in [2.45, 2.75) is 95.2 Å². The quantitative estimate of drug-likeness (QED) is 0.110. The van der Waals surface area contributed by atoms with Gasteiger partial charge in [-0.1, -0.05) is 36.4 Å². The van der Waals surface area contributed by atoms with Crippen molar-refractivity contribution < 1.29 is 46.6 Å². The molecule has 7 atom stereocenters. The van der Waals surface area contributed by atoms with Gasteiger partial charge in [-0.05, 0) is 130 Å². The van der Waals surface area contributed by atoms with E-state index in [1.165, 1.54) is 23.1 Å². The lowest BCUT2D eigenvalue weighted by Crippen LogP contribution is -2.62. The fraction of sp³-hybridized carbons (Fsp3) is 0.482. The molecule has 400 valence electrons. The minimum atomic E-state index is -1.44. The minimum Gasteiger partial charge on any atom is -0.381 e. The third kappa shape index (κ3) is 11.6. The first-order valence-corrected chi connectivity index (χ1v) is 26.0. The molecule has 9 rings (SSSR count). The first-order valence-electron chi connectivity index (χ1n) is 26.0. The average molecular weight is 1040 g/mol. The van der Waals surface area contributed by atoms with E-state index in [4.69, 9.17) is 9.47 Å². The van der Waals surface area contributed by atoms with Crippen molar-refractivity contribution in [1.82, 2.24) is 30.7 Å². The number of carbonyl (C=O) groups is 5. The van der Waals surface area contributed by atoms with Crippen LogP contribution in [0, 0.1) is 23.4 Å². The summed E-state index contributed by atoms with van der Waals surface area (Å²) in [7, 11) is 1.62. The van der Waals surface area contributed by atoms with Crippen LogP contribution in [0.3, 0.4) is 0 Å². The molecular weight excluding hydrogens is 968 g/mol. The molecule has 0 radical (unpaired) electrons. The van der Waals surface area contributed by atoms with Crippen LogP contribution in [0.5, 0.6) is 0 Å². The van der Waals surface area contributed by atoms with Gasteiger partial charge in [-0.25, -0.2) is 13.2 Å². The average Bonchev–Trinajstić information content (AvgIpc) is 3.95. The molecule has 0 spiro atoms. The van der Waals surface area contributed by atoms with E-state index in [0.717, 1.165) is 36.3 Å². The molecule has 3 saturated heterocycles. The number of morpholine rings is 1. The van der Waals surface area contributed by atoms with Gasteiger partial charge < -0.3 is 45.9 Å². The van der Waals surface area contributed by atoms with Crippen molar-refractivity contribution in [3.63, 3.8) is 0 Å². The molecule has 5 aliphatic heterocycles. The van der Waals surface area contributed by atoms with E-state index < -0.39 is 64.5 Å². The number of hydrogen-bond donors (Lipinski definition) is 5. The van der Waals surface area contributed by atoms with Gasteiger partial charge in [0.2, 0.25) is 23.6 Å². The Morgan fingerprint density at radius 1 is 0.867 bits per heavy atom. The highest BCUT2D eigenvalue weighted by Crippen LogP contribution is 2.44. The number of halogens is 3. The number of ether oxygens (including phenoxy) is 2. The van der Waals surface area contributed by atoms with E-state index >= 15 is 13.6 Å².